The molecule has 0 saturated carbocycles. The Morgan fingerprint density at radius 3 is 1.50 bits per heavy atom. The SMILES string of the molecule is CCCc1ccc(CCC)oc(=O)ccc(=O)o1. The highest BCUT2D eigenvalue weighted by atomic mass is 16.4. The largest absolute Gasteiger partial charge is 0.428 e. The predicted octanol–water partition coefficient (Wildman–Crippen LogP) is 2.62. The van der Waals surface area contributed by atoms with Crippen molar-refractivity contribution in [2.45, 2.75) is 39.5 Å². The Morgan fingerprint density at radius 1 is 0.778 bits per heavy atom. The zero-order chi connectivity index (χ0) is 13.4. The molecular formula is C14H18O4. The molecule has 0 bridgehead atoms. The van der Waals surface area contributed by atoms with Crippen LogP contribution in [0.25, 0.3) is 0 Å². The minimum Gasteiger partial charge on any atom is -0.428 e. The summed E-state index contributed by atoms with van der Waals surface area (Å²) in [5, 5.41) is 0. The maximum atomic E-state index is 11.4. The molecule has 0 amide bonds. The molecule has 4 nitrogen and oxygen atoms in total. The van der Waals surface area contributed by atoms with E-state index in [9.17, 15) is 9.59 Å². The van der Waals surface area contributed by atoms with Crippen LogP contribution in [0.15, 0.2) is 42.7 Å². The third kappa shape index (κ3) is 4.99. The van der Waals surface area contributed by atoms with Crippen molar-refractivity contribution in [2.24, 2.45) is 0 Å². The van der Waals surface area contributed by atoms with Gasteiger partial charge in [0.1, 0.15) is 11.5 Å². The molecule has 0 aliphatic carbocycles. The highest BCUT2D eigenvalue weighted by molar-refractivity contribution is 5.01. The highest BCUT2D eigenvalue weighted by Gasteiger charge is 1.95. The van der Waals surface area contributed by atoms with Gasteiger partial charge in [-0.15, -0.1) is 0 Å². The van der Waals surface area contributed by atoms with Crippen molar-refractivity contribution >= 4 is 0 Å². The molecule has 0 atom stereocenters. The molecule has 0 unspecified atom stereocenters. The molecule has 4 heteroatoms. The van der Waals surface area contributed by atoms with Gasteiger partial charge in [-0.2, -0.15) is 0 Å². The fraction of sp³-hybridized carbons (Fsp3) is 0.429. The van der Waals surface area contributed by atoms with Gasteiger partial charge in [-0.05, 0) is 25.0 Å². The molecule has 0 N–H and O–H groups in total. The summed E-state index contributed by atoms with van der Waals surface area (Å²) in [6, 6.07) is 5.55. The summed E-state index contributed by atoms with van der Waals surface area (Å²) in [5.41, 5.74) is -1.11. The summed E-state index contributed by atoms with van der Waals surface area (Å²) in [6.07, 6.45) is 3.09. The van der Waals surface area contributed by atoms with Crippen molar-refractivity contribution in [2.75, 3.05) is 0 Å². The molecule has 1 heterocycles. The first kappa shape index (κ1) is 14.2. The molecule has 1 aromatic heterocycles. The molecule has 18 heavy (non-hydrogen) atoms. The van der Waals surface area contributed by atoms with Gasteiger partial charge in [0, 0.05) is 25.0 Å². The van der Waals surface area contributed by atoms with E-state index in [4.69, 9.17) is 8.83 Å². The first-order chi connectivity index (χ1) is 8.65. The fourth-order valence-electron chi connectivity index (χ4n) is 1.48. The molecule has 1 rings (SSSR count). The van der Waals surface area contributed by atoms with Crippen LogP contribution in [0.4, 0.5) is 0 Å². The molecule has 0 spiro atoms. The lowest BCUT2D eigenvalue weighted by Gasteiger charge is -1.95. The zero-order valence-corrected chi connectivity index (χ0v) is 10.8. The van der Waals surface area contributed by atoms with Gasteiger partial charge in [-0.25, -0.2) is 9.59 Å². The molecular weight excluding hydrogens is 232 g/mol. The molecule has 0 saturated heterocycles. The summed E-state index contributed by atoms with van der Waals surface area (Å²) in [7, 11) is 0. The van der Waals surface area contributed by atoms with Gasteiger partial charge in [0.05, 0.1) is 0 Å². The lowest BCUT2D eigenvalue weighted by Crippen LogP contribution is -2.01. The maximum absolute atomic E-state index is 11.4. The molecule has 0 aliphatic heterocycles. The van der Waals surface area contributed by atoms with Gasteiger partial charge in [0.2, 0.25) is 0 Å². The summed E-state index contributed by atoms with van der Waals surface area (Å²) in [4.78, 5) is 22.7. The molecule has 0 radical (unpaired) electrons. The number of aryl methyl sites for hydroxylation is 2. The minimum atomic E-state index is -0.556. The minimum absolute atomic E-state index is 0.556. The molecule has 0 fully saturated rings. The summed E-state index contributed by atoms with van der Waals surface area (Å²) in [6.45, 7) is 4.00. The second-order valence-corrected chi connectivity index (χ2v) is 3.94. The second-order valence-electron chi connectivity index (χ2n) is 3.94. The second kappa shape index (κ2) is 7.48. The number of hydrogen-bond acceptors (Lipinski definition) is 4. The van der Waals surface area contributed by atoms with Crippen LogP contribution >= 0.6 is 0 Å². The van der Waals surface area contributed by atoms with Gasteiger partial charge >= 0.3 is 11.3 Å². The van der Waals surface area contributed by atoms with Crippen molar-refractivity contribution in [3.8, 4) is 0 Å². The van der Waals surface area contributed by atoms with Gasteiger partial charge in [-0.3, -0.25) is 0 Å². The molecule has 98 valence electrons. The Bertz CT molecular complexity index is 489. The number of rotatable bonds is 4. The van der Waals surface area contributed by atoms with E-state index in [1.807, 2.05) is 13.8 Å². The van der Waals surface area contributed by atoms with Crippen LogP contribution in [0.5, 0.6) is 0 Å². The smallest absolute Gasteiger partial charge is 0.336 e. The molecule has 0 aromatic carbocycles. The average Bonchev–Trinajstić information content (AvgIpc) is 2.33. The number of hydrogen-bond donors (Lipinski definition) is 0. The van der Waals surface area contributed by atoms with E-state index in [0.717, 1.165) is 25.0 Å². The summed E-state index contributed by atoms with van der Waals surface area (Å²) < 4.78 is 10.3. The quantitative estimate of drug-likeness (QED) is 0.824. The van der Waals surface area contributed by atoms with Crippen molar-refractivity contribution in [1.29, 1.82) is 0 Å². The first-order valence-electron chi connectivity index (χ1n) is 6.17. The van der Waals surface area contributed by atoms with Gasteiger partial charge in [0.25, 0.3) is 0 Å². The third-order valence-corrected chi connectivity index (χ3v) is 2.27. The maximum Gasteiger partial charge on any atom is 0.336 e. The van der Waals surface area contributed by atoms with Gasteiger partial charge in [-0.1, -0.05) is 13.8 Å². The van der Waals surface area contributed by atoms with Gasteiger partial charge < -0.3 is 8.83 Å². The van der Waals surface area contributed by atoms with E-state index in [1.54, 1.807) is 12.1 Å². The topological polar surface area (TPSA) is 60.4 Å². The van der Waals surface area contributed by atoms with E-state index >= 15 is 0 Å². The Labute approximate surface area is 106 Å². The lowest BCUT2D eigenvalue weighted by atomic mass is 10.2. The van der Waals surface area contributed by atoms with Crippen LogP contribution in [-0.4, -0.2) is 0 Å². The molecule has 1 aromatic rings. The van der Waals surface area contributed by atoms with E-state index in [2.05, 4.69) is 0 Å². The van der Waals surface area contributed by atoms with E-state index in [1.165, 1.54) is 0 Å². The Morgan fingerprint density at radius 2 is 1.17 bits per heavy atom. The normalized spacial score (nSPS) is 9.89. The van der Waals surface area contributed by atoms with Gasteiger partial charge in [0.15, 0.2) is 0 Å². The van der Waals surface area contributed by atoms with E-state index in [-0.39, 0.29) is 0 Å². The zero-order valence-electron chi connectivity index (χ0n) is 10.8. The van der Waals surface area contributed by atoms with Crippen LogP contribution in [-0.2, 0) is 12.8 Å². The van der Waals surface area contributed by atoms with Crippen molar-refractivity contribution in [3.05, 3.63) is 56.6 Å². The first-order valence-corrected chi connectivity index (χ1v) is 6.17. The van der Waals surface area contributed by atoms with Crippen molar-refractivity contribution in [1.82, 2.24) is 0 Å². The predicted molar refractivity (Wildman–Crippen MR) is 69.1 cm³/mol. The van der Waals surface area contributed by atoms with E-state index < -0.39 is 11.3 Å². The average molecular weight is 250 g/mol. The Kier molecular flexibility index (Phi) is 5.91. The summed E-state index contributed by atoms with van der Waals surface area (Å²) in [5.74, 6) is 1.16. The van der Waals surface area contributed by atoms with Crippen LogP contribution < -0.4 is 11.3 Å². The molecule has 0 aliphatic rings. The van der Waals surface area contributed by atoms with Crippen molar-refractivity contribution < 1.29 is 8.83 Å². The standard InChI is InChI=1S/C14H18O4/c1-3-5-11-7-8-12(6-4-2)18-14(16)10-9-13(15)17-11/h7-10H,3-6H2,1-2H3. The van der Waals surface area contributed by atoms with Crippen LogP contribution in [0.3, 0.4) is 0 Å². The Balaban J connectivity index is 3.40. The third-order valence-electron chi connectivity index (χ3n) is 2.27. The lowest BCUT2D eigenvalue weighted by molar-refractivity contribution is 0.447. The Hall–Kier alpha value is -1.84. The fourth-order valence-corrected chi connectivity index (χ4v) is 1.48. The monoisotopic (exact) mass is 250 g/mol. The van der Waals surface area contributed by atoms with Crippen LogP contribution in [0, 0.1) is 0 Å². The van der Waals surface area contributed by atoms with E-state index in [0.29, 0.717) is 24.4 Å². The summed E-state index contributed by atoms with van der Waals surface area (Å²) >= 11 is 0. The van der Waals surface area contributed by atoms with Crippen LogP contribution in [0.1, 0.15) is 38.2 Å². The van der Waals surface area contributed by atoms with Crippen molar-refractivity contribution in [3.63, 3.8) is 0 Å². The highest BCUT2D eigenvalue weighted by Crippen LogP contribution is 2.01. The van der Waals surface area contributed by atoms with Crippen LogP contribution in [0.2, 0.25) is 0 Å².